The van der Waals surface area contributed by atoms with Gasteiger partial charge in [0.2, 0.25) is 5.75 Å². The molecule has 6 nitrogen and oxygen atoms in total. The molecule has 0 fully saturated rings. The number of halogens is 1. The molecule has 0 aliphatic carbocycles. The van der Waals surface area contributed by atoms with Crippen molar-refractivity contribution in [3.8, 4) is 17.1 Å². The molecule has 0 bridgehead atoms. The number of aromatic nitrogens is 2. The lowest BCUT2D eigenvalue weighted by atomic mass is 10.1. The molecule has 0 radical (unpaired) electrons. The van der Waals surface area contributed by atoms with Crippen LogP contribution in [-0.2, 0) is 13.6 Å². The molecular weight excluding hydrogens is 349 g/mol. The zero-order valence-electron chi connectivity index (χ0n) is 14.9. The summed E-state index contributed by atoms with van der Waals surface area (Å²) in [6.45, 7) is 2.04. The second-order valence-corrected chi connectivity index (χ2v) is 6.17. The van der Waals surface area contributed by atoms with Gasteiger partial charge in [0, 0.05) is 19.2 Å². The molecule has 0 spiro atoms. The molecule has 0 saturated carbocycles. The van der Waals surface area contributed by atoms with Crippen LogP contribution in [0.3, 0.4) is 0 Å². The molecule has 138 valence electrons. The largest absolute Gasteiger partial charge is 0.501 e. The van der Waals surface area contributed by atoms with Crippen molar-refractivity contribution in [3.05, 3.63) is 81.5 Å². The van der Waals surface area contributed by atoms with Gasteiger partial charge in [-0.2, -0.15) is 0 Å². The maximum atomic E-state index is 12.9. The van der Waals surface area contributed by atoms with Crippen LogP contribution in [0.2, 0.25) is 0 Å². The van der Waals surface area contributed by atoms with E-state index in [1.165, 1.54) is 35.9 Å². The van der Waals surface area contributed by atoms with Gasteiger partial charge in [-0.1, -0.05) is 42.0 Å². The highest BCUT2D eigenvalue weighted by atomic mass is 19.1. The van der Waals surface area contributed by atoms with Crippen molar-refractivity contribution < 1.29 is 14.3 Å². The first-order valence-corrected chi connectivity index (χ1v) is 8.26. The summed E-state index contributed by atoms with van der Waals surface area (Å²) in [5.41, 5.74) is 1.29. The maximum absolute atomic E-state index is 12.9. The highest BCUT2D eigenvalue weighted by molar-refractivity contribution is 5.95. The van der Waals surface area contributed by atoms with Crippen LogP contribution < -0.4 is 10.9 Å². The van der Waals surface area contributed by atoms with Gasteiger partial charge in [0.05, 0.1) is 0 Å². The number of carbonyl (C=O) groups is 1. The van der Waals surface area contributed by atoms with Crippen LogP contribution in [0.15, 0.2) is 53.3 Å². The smallest absolute Gasteiger partial charge is 0.296 e. The standard InChI is InChI=1S/C20H18FN3O3/c1-12-3-7-14(8-4-12)18-23-16(17(25)20(27)24(18)2)19(26)22-11-13-5-9-15(21)10-6-13/h3-10,25H,11H2,1-2H3,(H,22,26). The van der Waals surface area contributed by atoms with Gasteiger partial charge in [-0.15, -0.1) is 0 Å². The molecule has 2 N–H and O–H groups in total. The summed E-state index contributed by atoms with van der Waals surface area (Å²) < 4.78 is 14.1. The first kappa shape index (κ1) is 18.3. The summed E-state index contributed by atoms with van der Waals surface area (Å²) in [7, 11) is 1.48. The molecule has 0 aliphatic heterocycles. The van der Waals surface area contributed by atoms with E-state index in [9.17, 15) is 19.1 Å². The number of benzene rings is 2. The number of aromatic hydroxyl groups is 1. The lowest BCUT2D eigenvalue weighted by molar-refractivity contribution is 0.0942. The highest BCUT2D eigenvalue weighted by Gasteiger charge is 2.20. The lowest BCUT2D eigenvalue weighted by Gasteiger charge is -2.12. The Kier molecular flexibility index (Phi) is 5.03. The fraction of sp³-hybridized carbons (Fsp3) is 0.150. The fourth-order valence-corrected chi connectivity index (χ4v) is 2.58. The van der Waals surface area contributed by atoms with Crippen molar-refractivity contribution in [1.29, 1.82) is 0 Å². The number of amides is 1. The quantitative estimate of drug-likeness (QED) is 0.742. The van der Waals surface area contributed by atoms with Crippen LogP contribution in [0.25, 0.3) is 11.4 Å². The molecule has 2 aromatic carbocycles. The van der Waals surface area contributed by atoms with Crippen LogP contribution in [0.5, 0.6) is 5.75 Å². The minimum absolute atomic E-state index is 0.106. The number of hydrogen-bond acceptors (Lipinski definition) is 4. The average molecular weight is 367 g/mol. The van der Waals surface area contributed by atoms with Crippen molar-refractivity contribution in [1.82, 2.24) is 14.9 Å². The van der Waals surface area contributed by atoms with Gasteiger partial charge in [-0.3, -0.25) is 14.2 Å². The monoisotopic (exact) mass is 367 g/mol. The summed E-state index contributed by atoms with van der Waals surface area (Å²) in [4.78, 5) is 29.0. The van der Waals surface area contributed by atoms with E-state index in [2.05, 4.69) is 10.3 Å². The molecule has 1 aromatic heterocycles. The third kappa shape index (κ3) is 3.87. The fourth-order valence-electron chi connectivity index (χ4n) is 2.58. The second kappa shape index (κ2) is 7.41. The SMILES string of the molecule is Cc1ccc(-c2nc(C(=O)NCc3ccc(F)cc3)c(O)c(=O)n2C)cc1. The Morgan fingerprint density at radius 3 is 2.41 bits per heavy atom. The number of carbonyl (C=O) groups excluding carboxylic acids is 1. The number of nitrogens with one attached hydrogen (secondary N) is 1. The molecule has 3 aromatic rings. The van der Waals surface area contributed by atoms with E-state index in [4.69, 9.17) is 0 Å². The van der Waals surface area contributed by atoms with Gasteiger partial charge in [-0.05, 0) is 24.6 Å². The molecule has 1 amide bonds. The van der Waals surface area contributed by atoms with Crippen LogP contribution in [0.1, 0.15) is 21.6 Å². The zero-order chi connectivity index (χ0) is 19.6. The van der Waals surface area contributed by atoms with Crippen molar-refractivity contribution >= 4 is 5.91 Å². The average Bonchev–Trinajstić information content (AvgIpc) is 2.66. The van der Waals surface area contributed by atoms with E-state index in [0.717, 1.165) is 5.56 Å². The number of rotatable bonds is 4. The van der Waals surface area contributed by atoms with Crippen molar-refractivity contribution in [2.24, 2.45) is 7.05 Å². The first-order valence-electron chi connectivity index (χ1n) is 8.26. The third-order valence-electron chi connectivity index (χ3n) is 4.16. The van der Waals surface area contributed by atoms with Gasteiger partial charge in [0.15, 0.2) is 5.69 Å². The van der Waals surface area contributed by atoms with Crippen molar-refractivity contribution in [2.45, 2.75) is 13.5 Å². The Morgan fingerprint density at radius 1 is 1.15 bits per heavy atom. The number of aryl methyl sites for hydroxylation is 1. The maximum Gasteiger partial charge on any atom is 0.296 e. The Bertz CT molecular complexity index is 1040. The lowest BCUT2D eigenvalue weighted by Crippen LogP contribution is -2.29. The normalized spacial score (nSPS) is 10.6. The Balaban J connectivity index is 1.92. The molecule has 1 heterocycles. The van der Waals surface area contributed by atoms with E-state index in [0.29, 0.717) is 11.1 Å². The summed E-state index contributed by atoms with van der Waals surface area (Å²) in [5, 5.41) is 12.7. The van der Waals surface area contributed by atoms with Crippen LogP contribution in [-0.4, -0.2) is 20.6 Å². The van der Waals surface area contributed by atoms with Crippen LogP contribution in [0.4, 0.5) is 4.39 Å². The summed E-state index contributed by atoms with van der Waals surface area (Å²) in [6, 6.07) is 12.9. The molecule has 0 saturated heterocycles. The molecular formula is C20H18FN3O3. The van der Waals surface area contributed by atoms with Gasteiger partial charge in [0.1, 0.15) is 11.6 Å². The Morgan fingerprint density at radius 2 is 1.78 bits per heavy atom. The predicted molar refractivity (Wildman–Crippen MR) is 98.9 cm³/mol. The molecule has 0 atom stereocenters. The van der Waals surface area contributed by atoms with Gasteiger partial charge >= 0.3 is 0 Å². The third-order valence-corrected chi connectivity index (χ3v) is 4.16. The molecule has 0 aliphatic rings. The van der Waals surface area contributed by atoms with Crippen LogP contribution in [0, 0.1) is 12.7 Å². The van der Waals surface area contributed by atoms with Gasteiger partial charge in [-0.25, -0.2) is 9.37 Å². The topological polar surface area (TPSA) is 84.2 Å². The van der Waals surface area contributed by atoms with E-state index in [-0.39, 0.29) is 23.9 Å². The summed E-state index contributed by atoms with van der Waals surface area (Å²) in [5.74, 6) is -1.52. The second-order valence-electron chi connectivity index (χ2n) is 6.17. The highest BCUT2D eigenvalue weighted by Crippen LogP contribution is 2.19. The molecule has 0 unspecified atom stereocenters. The molecule has 7 heteroatoms. The number of nitrogens with zero attached hydrogens (tertiary/aromatic N) is 2. The summed E-state index contributed by atoms with van der Waals surface area (Å²) >= 11 is 0. The van der Waals surface area contributed by atoms with Crippen LogP contribution >= 0.6 is 0 Å². The minimum Gasteiger partial charge on any atom is -0.501 e. The van der Waals surface area contributed by atoms with Gasteiger partial charge < -0.3 is 10.4 Å². The minimum atomic E-state index is -0.718. The zero-order valence-corrected chi connectivity index (χ0v) is 14.9. The van der Waals surface area contributed by atoms with E-state index < -0.39 is 17.2 Å². The van der Waals surface area contributed by atoms with Crippen molar-refractivity contribution in [2.75, 3.05) is 0 Å². The van der Waals surface area contributed by atoms with E-state index in [1.54, 1.807) is 12.1 Å². The Labute approximate surface area is 154 Å². The molecule has 27 heavy (non-hydrogen) atoms. The predicted octanol–water partition coefficient (Wildman–Crippen LogP) is 2.53. The summed E-state index contributed by atoms with van der Waals surface area (Å²) in [6.07, 6.45) is 0. The van der Waals surface area contributed by atoms with Gasteiger partial charge in [0.25, 0.3) is 11.5 Å². The number of hydrogen-bond donors (Lipinski definition) is 2. The Hall–Kier alpha value is -3.48. The van der Waals surface area contributed by atoms with E-state index >= 15 is 0 Å². The van der Waals surface area contributed by atoms with Crippen molar-refractivity contribution in [3.63, 3.8) is 0 Å². The first-order chi connectivity index (χ1) is 12.9. The van der Waals surface area contributed by atoms with E-state index in [1.807, 2.05) is 19.1 Å². The molecule has 3 rings (SSSR count).